The third-order valence-corrected chi connectivity index (χ3v) is 3.11. The molecule has 0 atom stereocenters. The van der Waals surface area contributed by atoms with E-state index in [0.29, 0.717) is 16.3 Å². The fourth-order valence-corrected chi connectivity index (χ4v) is 2.16. The van der Waals surface area contributed by atoms with Crippen LogP contribution in [0.2, 0.25) is 5.02 Å². The Morgan fingerprint density at radius 1 is 1.44 bits per heavy atom. The van der Waals surface area contributed by atoms with Crippen molar-refractivity contribution in [3.8, 4) is 0 Å². The van der Waals surface area contributed by atoms with Crippen molar-refractivity contribution < 1.29 is 14.3 Å². The average molecular weight is 289 g/mol. The van der Waals surface area contributed by atoms with Gasteiger partial charge in [-0.05, 0) is 18.2 Å². The lowest BCUT2D eigenvalue weighted by Gasteiger charge is -2.20. The fourth-order valence-electron chi connectivity index (χ4n) is 1.36. The number of carbonyl (C=O) groups excluding carboxylic acids is 2. The van der Waals surface area contributed by atoms with Crippen molar-refractivity contribution >= 4 is 41.1 Å². The van der Waals surface area contributed by atoms with Crippen LogP contribution in [0.5, 0.6) is 0 Å². The molecule has 0 heterocycles. The summed E-state index contributed by atoms with van der Waals surface area (Å²) >= 11 is 7.24. The first-order valence-electron chi connectivity index (χ1n) is 4.96. The van der Waals surface area contributed by atoms with Gasteiger partial charge in [-0.3, -0.25) is 4.79 Å². The highest BCUT2D eigenvalue weighted by molar-refractivity contribution is 8.00. The highest BCUT2D eigenvalue weighted by Crippen LogP contribution is 2.26. The number of hydrogen-bond donors (Lipinski definition) is 1. The smallest absolute Gasteiger partial charge is 0.337 e. The van der Waals surface area contributed by atoms with Gasteiger partial charge in [-0.25, -0.2) is 4.79 Å². The topological polar surface area (TPSA) is 72.6 Å². The molecule has 1 aromatic carbocycles. The quantitative estimate of drug-likeness (QED) is 0.659. The summed E-state index contributed by atoms with van der Waals surface area (Å²) in [5.41, 5.74) is 6.09. The third kappa shape index (κ3) is 3.82. The molecule has 1 aromatic rings. The molecular formula is C11H13ClN2O3S. The van der Waals surface area contributed by atoms with Crippen molar-refractivity contribution in [3.05, 3.63) is 28.8 Å². The zero-order valence-electron chi connectivity index (χ0n) is 9.97. The van der Waals surface area contributed by atoms with Crippen LogP contribution in [0.25, 0.3) is 0 Å². The van der Waals surface area contributed by atoms with E-state index in [1.807, 2.05) is 0 Å². The van der Waals surface area contributed by atoms with E-state index in [1.165, 1.54) is 25.1 Å². The Bertz CT molecular complexity index is 468. The predicted octanol–water partition coefficient (Wildman–Crippen LogP) is 1.70. The zero-order valence-corrected chi connectivity index (χ0v) is 11.5. The molecule has 0 spiro atoms. The van der Waals surface area contributed by atoms with E-state index in [1.54, 1.807) is 22.7 Å². The Kier molecular flexibility index (Phi) is 5.30. The summed E-state index contributed by atoms with van der Waals surface area (Å²) in [5, 5.41) is 0.386. The second-order valence-electron chi connectivity index (χ2n) is 3.38. The van der Waals surface area contributed by atoms with Gasteiger partial charge in [-0.15, -0.1) is 0 Å². The van der Waals surface area contributed by atoms with Gasteiger partial charge in [0.15, 0.2) is 0 Å². The molecule has 0 unspecified atom stereocenters. The minimum Gasteiger partial charge on any atom is -0.465 e. The van der Waals surface area contributed by atoms with Gasteiger partial charge in [0, 0.05) is 17.0 Å². The number of nitrogens with two attached hydrogens (primary N) is 1. The van der Waals surface area contributed by atoms with Gasteiger partial charge in [0.2, 0.25) is 5.91 Å². The second-order valence-corrected chi connectivity index (χ2v) is 4.62. The van der Waals surface area contributed by atoms with Crippen molar-refractivity contribution in [2.24, 2.45) is 5.73 Å². The average Bonchev–Trinajstić information content (AvgIpc) is 2.33. The summed E-state index contributed by atoms with van der Waals surface area (Å²) in [5.74, 6) is -0.956. The molecule has 0 saturated heterocycles. The predicted molar refractivity (Wildman–Crippen MR) is 72.8 cm³/mol. The van der Waals surface area contributed by atoms with Crippen molar-refractivity contribution in [1.29, 1.82) is 0 Å². The maximum atomic E-state index is 11.5. The molecule has 0 aliphatic carbocycles. The van der Waals surface area contributed by atoms with Crippen LogP contribution in [-0.4, -0.2) is 31.8 Å². The number of methoxy groups -OCH3 is 1. The Morgan fingerprint density at radius 2 is 2.11 bits per heavy atom. The summed E-state index contributed by atoms with van der Waals surface area (Å²) in [4.78, 5) is 22.4. The van der Waals surface area contributed by atoms with Gasteiger partial charge < -0.3 is 14.8 Å². The van der Waals surface area contributed by atoms with Crippen LogP contribution in [0.4, 0.5) is 5.69 Å². The Hall–Kier alpha value is -1.40. The number of benzene rings is 1. The standard InChI is InChI=1S/C11H13ClN2O3S/c1-17-11(16)7-3-8(12)5-9(4-7)14(18-2)6-10(13)15/h3-5H,6H2,1-2H3,(H2,13,15). The van der Waals surface area contributed by atoms with E-state index in [4.69, 9.17) is 17.3 Å². The molecule has 0 bridgehead atoms. The van der Waals surface area contributed by atoms with Crippen LogP contribution in [0.1, 0.15) is 10.4 Å². The SMILES string of the molecule is COC(=O)c1cc(Cl)cc(N(CC(N)=O)SC)c1. The molecule has 2 N–H and O–H groups in total. The van der Waals surface area contributed by atoms with E-state index >= 15 is 0 Å². The van der Waals surface area contributed by atoms with Gasteiger partial charge in [-0.1, -0.05) is 23.5 Å². The highest BCUT2D eigenvalue weighted by atomic mass is 35.5. The summed E-state index contributed by atoms with van der Waals surface area (Å²) < 4.78 is 6.27. The van der Waals surface area contributed by atoms with E-state index in [9.17, 15) is 9.59 Å². The van der Waals surface area contributed by atoms with Crippen LogP contribution in [0.3, 0.4) is 0 Å². The Labute approximate surface area is 114 Å². The number of esters is 1. The van der Waals surface area contributed by atoms with Crippen LogP contribution < -0.4 is 10.0 Å². The number of rotatable bonds is 5. The first-order valence-corrected chi connectivity index (χ1v) is 6.52. The second kappa shape index (κ2) is 6.51. The van der Waals surface area contributed by atoms with E-state index in [-0.39, 0.29) is 6.54 Å². The molecule has 0 aliphatic rings. The third-order valence-electron chi connectivity index (χ3n) is 2.11. The lowest BCUT2D eigenvalue weighted by Crippen LogP contribution is -2.28. The summed E-state index contributed by atoms with van der Waals surface area (Å²) in [6.07, 6.45) is 1.79. The maximum Gasteiger partial charge on any atom is 0.337 e. The molecule has 5 nitrogen and oxygen atoms in total. The van der Waals surface area contributed by atoms with Gasteiger partial charge >= 0.3 is 5.97 Å². The molecule has 98 valence electrons. The normalized spacial score (nSPS) is 9.94. The molecule has 0 radical (unpaired) electrons. The van der Waals surface area contributed by atoms with Gasteiger partial charge in [-0.2, -0.15) is 0 Å². The number of primary amides is 1. The van der Waals surface area contributed by atoms with E-state index < -0.39 is 11.9 Å². The molecule has 1 amide bonds. The number of halogens is 1. The Morgan fingerprint density at radius 3 is 2.61 bits per heavy atom. The first-order chi connectivity index (χ1) is 8.47. The summed E-state index contributed by atoms with van der Waals surface area (Å²) in [7, 11) is 1.29. The molecular weight excluding hydrogens is 276 g/mol. The van der Waals surface area contributed by atoms with Gasteiger partial charge in [0.1, 0.15) is 6.54 Å². The summed E-state index contributed by atoms with van der Waals surface area (Å²) in [6.45, 7) is 0.0299. The number of anilines is 1. The molecule has 7 heteroatoms. The number of nitrogens with zero attached hydrogens (tertiary/aromatic N) is 1. The Balaban J connectivity index is 3.10. The number of carbonyl (C=O) groups is 2. The molecule has 0 aromatic heterocycles. The molecule has 0 aliphatic heterocycles. The van der Waals surface area contributed by atoms with Crippen molar-refractivity contribution in [2.45, 2.75) is 0 Å². The van der Waals surface area contributed by atoms with Crippen molar-refractivity contribution in [3.63, 3.8) is 0 Å². The lowest BCUT2D eigenvalue weighted by atomic mass is 10.2. The van der Waals surface area contributed by atoms with Crippen LogP contribution in [0, 0.1) is 0 Å². The van der Waals surface area contributed by atoms with E-state index in [2.05, 4.69) is 4.74 Å². The van der Waals surface area contributed by atoms with Crippen molar-refractivity contribution in [2.75, 3.05) is 24.2 Å². The molecule has 0 fully saturated rings. The largest absolute Gasteiger partial charge is 0.465 e. The molecule has 18 heavy (non-hydrogen) atoms. The van der Waals surface area contributed by atoms with Gasteiger partial charge in [0.25, 0.3) is 0 Å². The number of amides is 1. The number of ether oxygens (including phenoxy) is 1. The fraction of sp³-hybridized carbons (Fsp3) is 0.273. The lowest BCUT2D eigenvalue weighted by molar-refractivity contribution is -0.116. The number of hydrogen-bond acceptors (Lipinski definition) is 5. The molecule has 0 saturated carbocycles. The van der Waals surface area contributed by atoms with E-state index in [0.717, 1.165) is 0 Å². The van der Waals surface area contributed by atoms with Crippen LogP contribution >= 0.6 is 23.5 Å². The maximum absolute atomic E-state index is 11.5. The minimum absolute atomic E-state index is 0.0299. The minimum atomic E-state index is -0.487. The summed E-state index contributed by atoms with van der Waals surface area (Å²) in [6, 6.07) is 4.74. The molecule has 1 rings (SSSR count). The first kappa shape index (κ1) is 14.7. The van der Waals surface area contributed by atoms with Crippen LogP contribution in [-0.2, 0) is 9.53 Å². The van der Waals surface area contributed by atoms with Crippen molar-refractivity contribution in [1.82, 2.24) is 0 Å². The highest BCUT2D eigenvalue weighted by Gasteiger charge is 2.13. The van der Waals surface area contributed by atoms with Gasteiger partial charge in [0.05, 0.1) is 12.7 Å². The van der Waals surface area contributed by atoms with Crippen LogP contribution in [0.15, 0.2) is 18.2 Å². The monoisotopic (exact) mass is 288 g/mol. The zero-order chi connectivity index (χ0) is 13.7.